The molecule has 3 saturated heterocycles. The zero-order chi connectivity index (χ0) is 13.1. The Hall–Kier alpha value is -0.200. The van der Waals surface area contributed by atoms with Gasteiger partial charge < -0.3 is 24.1 Å². The maximum atomic E-state index is 10.4. The molecule has 3 aliphatic heterocycles. The van der Waals surface area contributed by atoms with Gasteiger partial charge >= 0.3 is 0 Å². The molecule has 5 atom stereocenters. The monoisotopic (exact) mass is 258 g/mol. The molecule has 1 N–H and O–H groups in total. The van der Waals surface area contributed by atoms with E-state index in [2.05, 4.69) is 0 Å². The Bertz CT molecular complexity index is 340. The molecule has 0 aliphatic carbocycles. The van der Waals surface area contributed by atoms with Crippen molar-refractivity contribution in [2.24, 2.45) is 5.92 Å². The first-order valence-electron chi connectivity index (χ1n) is 6.61. The largest absolute Gasteiger partial charge is 0.390 e. The first kappa shape index (κ1) is 12.8. The third-order valence-electron chi connectivity index (χ3n) is 3.98. The van der Waals surface area contributed by atoms with Gasteiger partial charge in [0.15, 0.2) is 12.1 Å². The molecule has 3 rings (SSSR count). The highest BCUT2D eigenvalue weighted by Gasteiger charge is 2.56. The third kappa shape index (κ3) is 2.08. The second-order valence-corrected chi connectivity index (χ2v) is 6.57. The van der Waals surface area contributed by atoms with Crippen molar-refractivity contribution in [1.82, 2.24) is 0 Å². The van der Waals surface area contributed by atoms with Gasteiger partial charge in [0.05, 0.1) is 18.3 Å². The lowest BCUT2D eigenvalue weighted by atomic mass is 9.91. The number of ether oxygens (including phenoxy) is 4. The number of hydrogen-bond donors (Lipinski definition) is 1. The van der Waals surface area contributed by atoms with Crippen LogP contribution in [-0.2, 0) is 18.9 Å². The summed E-state index contributed by atoms with van der Waals surface area (Å²) in [7, 11) is 0. The van der Waals surface area contributed by atoms with E-state index in [-0.39, 0.29) is 30.0 Å². The molecule has 1 unspecified atom stereocenters. The third-order valence-corrected chi connectivity index (χ3v) is 3.98. The van der Waals surface area contributed by atoms with Gasteiger partial charge in [0.2, 0.25) is 0 Å². The number of aliphatic hydroxyl groups is 1. The molecule has 0 radical (unpaired) electrons. The van der Waals surface area contributed by atoms with Gasteiger partial charge in [-0.2, -0.15) is 0 Å². The topological polar surface area (TPSA) is 57.2 Å². The normalized spacial score (nSPS) is 49.5. The van der Waals surface area contributed by atoms with Crippen LogP contribution in [0.4, 0.5) is 0 Å². The fraction of sp³-hybridized carbons (Fsp3) is 1.00. The molecule has 5 nitrogen and oxygen atoms in total. The summed E-state index contributed by atoms with van der Waals surface area (Å²) in [6.07, 6.45) is -0.608. The van der Waals surface area contributed by atoms with E-state index in [0.29, 0.717) is 6.61 Å². The van der Waals surface area contributed by atoms with Crippen LogP contribution in [0.2, 0.25) is 0 Å². The van der Waals surface area contributed by atoms with E-state index < -0.39 is 11.9 Å². The van der Waals surface area contributed by atoms with Crippen LogP contribution >= 0.6 is 0 Å². The molecule has 0 aromatic heterocycles. The fourth-order valence-corrected chi connectivity index (χ4v) is 3.19. The predicted molar refractivity (Wildman–Crippen MR) is 62.8 cm³/mol. The van der Waals surface area contributed by atoms with Crippen LogP contribution in [0.5, 0.6) is 0 Å². The van der Waals surface area contributed by atoms with E-state index in [1.165, 1.54) is 0 Å². The summed E-state index contributed by atoms with van der Waals surface area (Å²) < 4.78 is 22.9. The molecule has 3 aliphatic rings. The lowest BCUT2D eigenvalue weighted by molar-refractivity contribution is -0.199. The van der Waals surface area contributed by atoms with Gasteiger partial charge in [-0.15, -0.1) is 0 Å². The molecule has 3 heterocycles. The summed E-state index contributed by atoms with van der Waals surface area (Å²) in [4.78, 5) is 0. The zero-order valence-electron chi connectivity index (χ0n) is 11.4. The molecule has 0 aromatic rings. The Morgan fingerprint density at radius 2 is 1.83 bits per heavy atom. The Morgan fingerprint density at radius 3 is 2.39 bits per heavy atom. The molecule has 104 valence electrons. The number of hydrogen-bond acceptors (Lipinski definition) is 5. The number of aliphatic hydroxyl groups excluding tert-OH is 1. The van der Waals surface area contributed by atoms with Crippen LogP contribution in [0.25, 0.3) is 0 Å². The summed E-state index contributed by atoms with van der Waals surface area (Å²) in [6, 6.07) is 0. The summed E-state index contributed by atoms with van der Waals surface area (Å²) in [5.41, 5.74) is -0.215. The van der Waals surface area contributed by atoms with Gasteiger partial charge in [0.25, 0.3) is 0 Å². The molecule has 3 fully saturated rings. The second-order valence-electron chi connectivity index (χ2n) is 6.57. The Kier molecular flexibility index (Phi) is 2.78. The minimum Gasteiger partial charge on any atom is -0.390 e. The zero-order valence-corrected chi connectivity index (χ0v) is 11.4. The van der Waals surface area contributed by atoms with Crippen molar-refractivity contribution in [3.63, 3.8) is 0 Å². The Balaban J connectivity index is 1.68. The van der Waals surface area contributed by atoms with Crippen molar-refractivity contribution < 1.29 is 24.1 Å². The lowest BCUT2D eigenvalue weighted by Crippen LogP contribution is -2.40. The van der Waals surface area contributed by atoms with Gasteiger partial charge in [0, 0.05) is 5.92 Å². The highest BCUT2D eigenvalue weighted by molar-refractivity contribution is 4.99. The predicted octanol–water partition coefficient (Wildman–Crippen LogP) is 1.04. The van der Waals surface area contributed by atoms with E-state index in [9.17, 15) is 5.11 Å². The Morgan fingerprint density at radius 1 is 1.11 bits per heavy atom. The molecule has 0 spiro atoms. The summed E-state index contributed by atoms with van der Waals surface area (Å²) in [5, 5.41) is 10.4. The van der Waals surface area contributed by atoms with Gasteiger partial charge in [-0.25, -0.2) is 0 Å². The van der Waals surface area contributed by atoms with Gasteiger partial charge in [-0.1, -0.05) is 0 Å². The molecule has 0 bridgehead atoms. The average molecular weight is 258 g/mol. The average Bonchev–Trinajstić information content (AvgIpc) is 2.81. The van der Waals surface area contributed by atoms with E-state index in [1.54, 1.807) is 0 Å². The van der Waals surface area contributed by atoms with E-state index >= 15 is 0 Å². The first-order chi connectivity index (χ1) is 8.27. The molecule has 5 heteroatoms. The van der Waals surface area contributed by atoms with Crippen molar-refractivity contribution in [3.05, 3.63) is 0 Å². The maximum absolute atomic E-state index is 10.4. The smallest absolute Gasteiger partial charge is 0.164 e. The molecular formula is C13H22O5. The van der Waals surface area contributed by atoms with Crippen molar-refractivity contribution in [1.29, 1.82) is 0 Å². The maximum Gasteiger partial charge on any atom is 0.164 e. The second kappa shape index (κ2) is 3.90. The van der Waals surface area contributed by atoms with E-state index in [0.717, 1.165) is 6.42 Å². The fourth-order valence-electron chi connectivity index (χ4n) is 3.19. The molecular weight excluding hydrogens is 236 g/mol. The van der Waals surface area contributed by atoms with E-state index in [4.69, 9.17) is 18.9 Å². The van der Waals surface area contributed by atoms with Crippen molar-refractivity contribution >= 4 is 0 Å². The van der Waals surface area contributed by atoms with Crippen LogP contribution in [0.3, 0.4) is 0 Å². The SMILES string of the molecule is CC1(C)C[C@H]2[C@H](O[C@H](C3COC(C)(C)O3)[C@@H]2O)O1. The summed E-state index contributed by atoms with van der Waals surface area (Å²) in [6.45, 7) is 8.24. The minimum atomic E-state index is -0.592. The quantitative estimate of drug-likeness (QED) is 0.761. The van der Waals surface area contributed by atoms with Crippen LogP contribution in [-0.4, -0.2) is 47.7 Å². The highest BCUT2D eigenvalue weighted by atomic mass is 16.8. The first-order valence-corrected chi connectivity index (χ1v) is 6.61. The van der Waals surface area contributed by atoms with Crippen LogP contribution in [0, 0.1) is 5.92 Å². The van der Waals surface area contributed by atoms with E-state index in [1.807, 2.05) is 27.7 Å². The molecule has 0 saturated carbocycles. The van der Waals surface area contributed by atoms with Crippen molar-refractivity contribution in [2.45, 2.75) is 70.1 Å². The van der Waals surface area contributed by atoms with Gasteiger partial charge in [-0.05, 0) is 34.1 Å². The van der Waals surface area contributed by atoms with Crippen LogP contribution < -0.4 is 0 Å². The van der Waals surface area contributed by atoms with Crippen molar-refractivity contribution in [3.8, 4) is 0 Å². The number of rotatable bonds is 1. The van der Waals surface area contributed by atoms with Crippen LogP contribution in [0.1, 0.15) is 34.1 Å². The van der Waals surface area contributed by atoms with Gasteiger partial charge in [0.1, 0.15) is 12.2 Å². The molecule has 0 aromatic carbocycles. The van der Waals surface area contributed by atoms with Gasteiger partial charge in [-0.3, -0.25) is 0 Å². The van der Waals surface area contributed by atoms with Crippen molar-refractivity contribution in [2.75, 3.05) is 6.61 Å². The minimum absolute atomic E-state index is 0.0392. The standard InChI is InChI=1S/C13H22O5/c1-12(2)5-7-9(14)10(16-11(7)18-12)8-6-15-13(3,4)17-8/h7-11,14H,5-6H2,1-4H3/t7-,8?,9-,10-,11-/m1/s1. The molecule has 0 amide bonds. The lowest BCUT2D eigenvalue weighted by Gasteiger charge is -2.26. The Labute approximate surface area is 107 Å². The number of fused-ring (bicyclic) bond motifs is 1. The molecule has 18 heavy (non-hydrogen) atoms. The van der Waals surface area contributed by atoms with Crippen LogP contribution in [0.15, 0.2) is 0 Å². The summed E-state index contributed by atoms with van der Waals surface area (Å²) >= 11 is 0. The summed E-state index contributed by atoms with van der Waals surface area (Å²) in [5.74, 6) is -0.553. The highest BCUT2D eigenvalue weighted by Crippen LogP contribution is 2.45.